The Kier molecular flexibility index (Phi) is 4.99. The lowest BCUT2D eigenvalue weighted by atomic mass is 10.2. The highest BCUT2D eigenvalue weighted by molar-refractivity contribution is 5.31. The first kappa shape index (κ1) is 13.3. The zero-order valence-corrected chi connectivity index (χ0v) is 10.9. The van der Waals surface area contributed by atoms with Crippen molar-refractivity contribution < 1.29 is 9.84 Å². The number of nitrogens with one attached hydrogen (secondary N) is 1. The van der Waals surface area contributed by atoms with Crippen LogP contribution >= 0.6 is 0 Å². The van der Waals surface area contributed by atoms with E-state index in [9.17, 15) is 5.11 Å². The summed E-state index contributed by atoms with van der Waals surface area (Å²) in [6.07, 6.45) is 0. The predicted molar refractivity (Wildman–Crippen MR) is 71.7 cm³/mol. The van der Waals surface area contributed by atoms with Crippen LogP contribution in [0.5, 0.6) is 5.75 Å². The Hall–Kier alpha value is -1.10. The fourth-order valence-electron chi connectivity index (χ4n) is 2.18. The molecule has 0 aliphatic carbocycles. The summed E-state index contributed by atoms with van der Waals surface area (Å²) in [6, 6.07) is 7.87. The van der Waals surface area contributed by atoms with Gasteiger partial charge in [0.25, 0.3) is 0 Å². The van der Waals surface area contributed by atoms with Crippen LogP contribution in [0.1, 0.15) is 12.5 Å². The zero-order chi connectivity index (χ0) is 12.8. The maximum absolute atomic E-state index is 9.68. The second-order valence-electron chi connectivity index (χ2n) is 4.82. The molecule has 100 valence electrons. The number of morpholine rings is 1. The van der Waals surface area contributed by atoms with Crippen molar-refractivity contribution in [3.8, 4) is 5.75 Å². The highest BCUT2D eigenvalue weighted by atomic mass is 16.5. The van der Waals surface area contributed by atoms with Crippen LogP contribution < -0.4 is 5.32 Å². The van der Waals surface area contributed by atoms with E-state index >= 15 is 0 Å². The second-order valence-corrected chi connectivity index (χ2v) is 4.82. The fourth-order valence-corrected chi connectivity index (χ4v) is 2.18. The average Bonchev–Trinajstić information content (AvgIpc) is 2.39. The molecule has 2 N–H and O–H groups in total. The maximum Gasteiger partial charge on any atom is 0.120 e. The van der Waals surface area contributed by atoms with E-state index in [1.165, 1.54) is 0 Å². The van der Waals surface area contributed by atoms with Crippen LogP contribution in [0.15, 0.2) is 24.3 Å². The van der Waals surface area contributed by atoms with Crippen molar-refractivity contribution in [2.45, 2.75) is 19.5 Å². The maximum atomic E-state index is 9.68. The van der Waals surface area contributed by atoms with Crippen molar-refractivity contribution in [2.24, 2.45) is 0 Å². The molecule has 1 unspecified atom stereocenters. The van der Waals surface area contributed by atoms with Crippen molar-refractivity contribution in [1.29, 1.82) is 0 Å². The first-order valence-electron chi connectivity index (χ1n) is 6.56. The van der Waals surface area contributed by atoms with Gasteiger partial charge in [0, 0.05) is 37.8 Å². The molecular formula is C14H22N2O2. The molecule has 1 saturated heterocycles. The first-order chi connectivity index (χ1) is 8.75. The molecule has 0 radical (unpaired) electrons. The molecule has 2 rings (SSSR count). The van der Waals surface area contributed by atoms with E-state index in [2.05, 4.69) is 17.1 Å². The summed E-state index contributed by atoms with van der Waals surface area (Å²) < 4.78 is 5.33. The number of rotatable bonds is 5. The Morgan fingerprint density at radius 1 is 1.33 bits per heavy atom. The molecule has 1 fully saturated rings. The molecule has 0 aromatic heterocycles. The number of aromatic hydroxyl groups is 1. The van der Waals surface area contributed by atoms with Crippen LogP contribution in [0, 0.1) is 0 Å². The van der Waals surface area contributed by atoms with Gasteiger partial charge >= 0.3 is 0 Å². The van der Waals surface area contributed by atoms with E-state index < -0.39 is 0 Å². The van der Waals surface area contributed by atoms with Crippen molar-refractivity contribution in [1.82, 2.24) is 10.2 Å². The van der Waals surface area contributed by atoms with Crippen LogP contribution in [0.2, 0.25) is 0 Å². The van der Waals surface area contributed by atoms with Gasteiger partial charge in [-0.15, -0.1) is 0 Å². The molecule has 1 atom stereocenters. The highest BCUT2D eigenvalue weighted by Crippen LogP contribution is 2.15. The largest absolute Gasteiger partial charge is 0.508 e. The average molecular weight is 250 g/mol. The van der Waals surface area contributed by atoms with Gasteiger partial charge < -0.3 is 15.2 Å². The minimum atomic E-state index is 0.364. The molecule has 4 heteroatoms. The third kappa shape index (κ3) is 3.98. The van der Waals surface area contributed by atoms with E-state index in [1.807, 2.05) is 18.2 Å². The Balaban J connectivity index is 1.74. The Morgan fingerprint density at radius 2 is 2.06 bits per heavy atom. The smallest absolute Gasteiger partial charge is 0.120 e. The summed E-state index contributed by atoms with van der Waals surface area (Å²) in [5.74, 6) is 0.364. The lowest BCUT2D eigenvalue weighted by Crippen LogP contribution is -2.44. The lowest BCUT2D eigenvalue weighted by molar-refractivity contribution is 0.0343. The molecule has 1 aliphatic rings. The summed E-state index contributed by atoms with van der Waals surface area (Å²) in [6.45, 7) is 7.62. The van der Waals surface area contributed by atoms with Crippen molar-refractivity contribution in [2.75, 3.05) is 32.8 Å². The molecular weight excluding hydrogens is 228 g/mol. The molecule has 1 heterocycles. The number of phenolic OH excluding ortho intramolecular Hbond substituents is 1. The SMILES string of the molecule is CC(CN1CCOCC1)NCc1ccccc1O. The van der Waals surface area contributed by atoms with Crippen LogP contribution in [-0.2, 0) is 11.3 Å². The molecule has 4 nitrogen and oxygen atoms in total. The van der Waals surface area contributed by atoms with Crippen LogP contribution in [0.25, 0.3) is 0 Å². The minimum Gasteiger partial charge on any atom is -0.508 e. The topological polar surface area (TPSA) is 44.7 Å². The minimum absolute atomic E-state index is 0.364. The molecule has 1 aliphatic heterocycles. The zero-order valence-electron chi connectivity index (χ0n) is 10.9. The Morgan fingerprint density at radius 3 is 2.78 bits per heavy atom. The van der Waals surface area contributed by atoms with Gasteiger partial charge in [0.15, 0.2) is 0 Å². The van der Waals surface area contributed by atoms with Gasteiger partial charge in [-0.25, -0.2) is 0 Å². The van der Waals surface area contributed by atoms with Gasteiger partial charge in [-0.05, 0) is 13.0 Å². The number of nitrogens with zero attached hydrogens (tertiary/aromatic N) is 1. The number of para-hydroxylation sites is 1. The van der Waals surface area contributed by atoms with Crippen molar-refractivity contribution >= 4 is 0 Å². The number of ether oxygens (including phenoxy) is 1. The number of benzene rings is 1. The van der Waals surface area contributed by atoms with Crippen molar-refractivity contribution in [3.63, 3.8) is 0 Å². The third-order valence-corrected chi connectivity index (χ3v) is 3.27. The Labute approximate surface area is 109 Å². The number of hydrogen-bond donors (Lipinski definition) is 2. The highest BCUT2D eigenvalue weighted by Gasteiger charge is 2.13. The molecule has 1 aromatic carbocycles. The normalized spacial score (nSPS) is 18.7. The summed E-state index contributed by atoms with van der Waals surface area (Å²) in [5.41, 5.74) is 0.950. The second kappa shape index (κ2) is 6.73. The fraction of sp³-hybridized carbons (Fsp3) is 0.571. The number of phenols is 1. The van der Waals surface area contributed by atoms with E-state index in [4.69, 9.17) is 4.74 Å². The monoisotopic (exact) mass is 250 g/mol. The molecule has 0 saturated carbocycles. The van der Waals surface area contributed by atoms with Crippen LogP contribution in [-0.4, -0.2) is 48.9 Å². The van der Waals surface area contributed by atoms with E-state index in [0.29, 0.717) is 18.3 Å². The van der Waals surface area contributed by atoms with Crippen LogP contribution in [0.4, 0.5) is 0 Å². The molecule has 18 heavy (non-hydrogen) atoms. The predicted octanol–water partition coefficient (Wildman–Crippen LogP) is 1.20. The van der Waals surface area contributed by atoms with Crippen LogP contribution in [0.3, 0.4) is 0 Å². The molecule has 0 amide bonds. The summed E-state index contributed by atoms with van der Waals surface area (Å²) in [5, 5.41) is 13.1. The van der Waals surface area contributed by atoms with E-state index in [0.717, 1.165) is 38.4 Å². The standard InChI is InChI=1S/C14H22N2O2/c1-12(11-16-6-8-18-9-7-16)15-10-13-4-2-3-5-14(13)17/h2-5,12,15,17H,6-11H2,1H3. The van der Waals surface area contributed by atoms with Gasteiger partial charge in [-0.3, -0.25) is 4.90 Å². The first-order valence-corrected chi connectivity index (χ1v) is 6.56. The summed E-state index contributed by atoms with van der Waals surface area (Å²) in [7, 11) is 0. The van der Waals surface area contributed by atoms with Gasteiger partial charge in [-0.1, -0.05) is 18.2 Å². The summed E-state index contributed by atoms with van der Waals surface area (Å²) >= 11 is 0. The van der Waals surface area contributed by atoms with Gasteiger partial charge in [0.2, 0.25) is 0 Å². The van der Waals surface area contributed by atoms with E-state index in [-0.39, 0.29) is 0 Å². The third-order valence-electron chi connectivity index (χ3n) is 3.27. The quantitative estimate of drug-likeness (QED) is 0.824. The summed E-state index contributed by atoms with van der Waals surface area (Å²) in [4.78, 5) is 2.41. The van der Waals surface area contributed by atoms with Gasteiger partial charge in [0.1, 0.15) is 5.75 Å². The molecule has 1 aromatic rings. The number of hydrogen-bond acceptors (Lipinski definition) is 4. The van der Waals surface area contributed by atoms with Gasteiger partial charge in [0.05, 0.1) is 13.2 Å². The van der Waals surface area contributed by atoms with Crippen molar-refractivity contribution in [3.05, 3.63) is 29.8 Å². The molecule has 0 spiro atoms. The van der Waals surface area contributed by atoms with Gasteiger partial charge in [-0.2, -0.15) is 0 Å². The lowest BCUT2D eigenvalue weighted by Gasteiger charge is -2.29. The Bertz CT molecular complexity index is 365. The van der Waals surface area contributed by atoms with E-state index in [1.54, 1.807) is 6.07 Å². The molecule has 0 bridgehead atoms.